The summed E-state index contributed by atoms with van der Waals surface area (Å²) >= 11 is 1.09. The molecule has 2 aliphatic rings. The van der Waals surface area contributed by atoms with Gasteiger partial charge in [0, 0.05) is 17.9 Å². The van der Waals surface area contributed by atoms with Crippen LogP contribution < -0.4 is 0 Å². The van der Waals surface area contributed by atoms with Crippen LogP contribution in [-0.2, 0) is 20.0 Å². The molecule has 2 fully saturated rings. The first-order valence-corrected chi connectivity index (χ1v) is 11.2. The summed E-state index contributed by atoms with van der Waals surface area (Å²) in [7, 11) is 0. The number of hydrogen-bond acceptors (Lipinski definition) is 13. The second-order valence-electron chi connectivity index (χ2n) is 7.74. The van der Waals surface area contributed by atoms with Crippen molar-refractivity contribution in [3.05, 3.63) is 39.9 Å². The lowest BCUT2D eigenvalue weighted by atomic mass is 9.97. The predicted octanol–water partition coefficient (Wildman–Crippen LogP) is -2.55. The van der Waals surface area contributed by atoms with Crippen LogP contribution in [0.5, 0.6) is 0 Å². The van der Waals surface area contributed by atoms with Crippen molar-refractivity contribution in [1.82, 2.24) is 0 Å². The van der Waals surface area contributed by atoms with Crippen molar-refractivity contribution in [3.63, 3.8) is 0 Å². The molecule has 0 spiro atoms. The number of aliphatic hydroxyl groups excluding tert-OH is 7. The van der Waals surface area contributed by atoms with Crippen LogP contribution in [-0.4, -0.2) is 114 Å². The third-order valence-corrected chi connectivity index (χ3v) is 6.74. The van der Waals surface area contributed by atoms with E-state index in [4.69, 9.17) is 14.2 Å². The minimum atomic E-state index is -1.74. The van der Waals surface area contributed by atoms with Gasteiger partial charge in [-0.2, -0.15) is 0 Å². The number of aliphatic hydroxyl groups is 7. The van der Waals surface area contributed by atoms with Crippen LogP contribution in [0.3, 0.4) is 0 Å². The molecule has 14 heteroatoms. The molecule has 7 N–H and O–H groups in total. The van der Waals surface area contributed by atoms with Crippen molar-refractivity contribution in [2.24, 2.45) is 0 Å². The van der Waals surface area contributed by atoms with E-state index < -0.39 is 78.7 Å². The average molecular weight is 493 g/mol. The monoisotopic (exact) mass is 493 g/mol. The van der Waals surface area contributed by atoms with Crippen LogP contribution in [0.1, 0.15) is 5.56 Å². The lowest BCUT2D eigenvalue weighted by Gasteiger charge is -2.46. The lowest BCUT2D eigenvalue weighted by Crippen LogP contribution is -2.64. The third-order valence-electron chi connectivity index (χ3n) is 5.52. The molecule has 2 heterocycles. The predicted molar refractivity (Wildman–Crippen MR) is 111 cm³/mol. The van der Waals surface area contributed by atoms with E-state index in [1.807, 2.05) is 0 Å². The van der Waals surface area contributed by atoms with Gasteiger partial charge < -0.3 is 50.0 Å². The first-order valence-electron chi connectivity index (χ1n) is 10.1. The van der Waals surface area contributed by atoms with Gasteiger partial charge in [-0.1, -0.05) is 12.1 Å². The van der Waals surface area contributed by atoms with E-state index in [0.29, 0.717) is 5.56 Å². The maximum absolute atomic E-state index is 10.7. The van der Waals surface area contributed by atoms with Crippen molar-refractivity contribution < 1.29 is 54.9 Å². The Morgan fingerprint density at radius 1 is 0.879 bits per heavy atom. The van der Waals surface area contributed by atoms with Crippen LogP contribution in [0, 0.1) is 10.1 Å². The van der Waals surface area contributed by atoms with Crippen molar-refractivity contribution in [2.75, 3.05) is 13.2 Å². The van der Waals surface area contributed by atoms with Crippen LogP contribution in [0.2, 0.25) is 0 Å². The van der Waals surface area contributed by atoms with Crippen molar-refractivity contribution in [1.29, 1.82) is 0 Å². The Morgan fingerprint density at radius 3 is 2.09 bits per heavy atom. The van der Waals surface area contributed by atoms with Crippen LogP contribution >= 0.6 is 11.8 Å². The van der Waals surface area contributed by atoms with Gasteiger partial charge in [0.1, 0.15) is 54.3 Å². The van der Waals surface area contributed by atoms with E-state index >= 15 is 0 Å². The van der Waals surface area contributed by atoms with Crippen molar-refractivity contribution >= 4 is 17.4 Å². The Hall–Kier alpha value is -1.43. The fraction of sp³-hybridized carbons (Fsp3) is 0.684. The molecule has 186 valence electrons. The molecule has 1 aromatic carbocycles. The maximum atomic E-state index is 10.7. The van der Waals surface area contributed by atoms with Crippen LogP contribution in [0.25, 0.3) is 0 Å². The summed E-state index contributed by atoms with van der Waals surface area (Å²) in [4.78, 5) is 10.2. The van der Waals surface area contributed by atoms with E-state index in [-0.39, 0.29) is 11.4 Å². The molecule has 0 saturated carbocycles. The van der Waals surface area contributed by atoms with E-state index in [1.165, 1.54) is 12.1 Å². The maximum Gasteiger partial charge on any atom is 0.269 e. The number of rotatable bonds is 8. The molecule has 2 aliphatic heterocycles. The highest BCUT2D eigenvalue weighted by molar-refractivity contribution is 7.99. The van der Waals surface area contributed by atoms with Gasteiger partial charge in [-0.25, -0.2) is 0 Å². The molecule has 0 aromatic heterocycles. The molecule has 0 bridgehead atoms. The Balaban J connectivity index is 1.64. The zero-order valence-corrected chi connectivity index (χ0v) is 18.0. The first-order chi connectivity index (χ1) is 15.7. The number of hydrogen-bond donors (Lipinski definition) is 7. The second-order valence-corrected chi connectivity index (χ2v) is 8.83. The molecule has 10 atom stereocenters. The molecule has 3 rings (SSSR count). The molecule has 4 unspecified atom stereocenters. The largest absolute Gasteiger partial charge is 0.394 e. The second kappa shape index (κ2) is 11.3. The van der Waals surface area contributed by atoms with Crippen LogP contribution in [0.15, 0.2) is 24.3 Å². The SMILES string of the molecule is O=[N+]([O-])c1ccc(CS[C@@H]2OC(CO)[C@@H](O[C@H]3OC(CO)[C@H](O)C(O)[C@H]3O)[C@H](O)C2O)cc1. The number of nitro benzene ring substituents is 1. The highest BCUT2D eigenvalue weighted by Crippen LogP contribution is 2.34. The molecule has 13 nitrogen and oxygen atoms in total. The Labute approximate surface area is 192 Å². The molecule has 1 aromatic rings. The summed E-state index contributed by atoms with van der Waals surface area (Å²) in [5, 5.41) is 80.8. The molecule has 0 radical (unpaired) electrons. The number of non-ortho nitro benzene ring substituents is 1. The summed E-state index contributed by atoms with van der Waals surface area (Å²) in [5.74, 6) is 0.281. The number of nitrogens with zero attached hydrogens (tertiary/aromatic N) is 1. The van der Waals surface area contributed by atoms with Gasteiger partial charge in [-0.05, 0) is 5.56 Å². The number of ether oxygens (including phenoxy) is 3. The highest BCUT2D eigenvalue weighted by atomic mass is 32.2. The average Bonchev–Trinajstić information content (AvgIpc) is 2.81. The van der Waals surface area contributed by atoms with E-state index in [0.717, 1.165) is 11.8 Å². The zero-order chi connectivity index (χ0) is 24.3. The van der Waals surface area contributed by atoms with Gasteiger partial charge in [-0.15, -0.1) is 11.8 Å². The molecule has 33 heavy (non-hydrogen) atoms. The smallest absolute Gasteiger partial charge is 0.269 e. The Bertz CT molecular complexity index is 781. The van der Waals surface area contributed by atoms with Gasteiger partial charge in [0.25, 0.3) is 5.69 Å². The lowest BCUT2D eigenvalue weighted by molar-refractivity contribution is -0.384. The van der Waals surface area contributed by atoms with Crippen LogP contribution in [0.4, 0.5) is 5.69 Å². The number of thioether (sulfide) groups is 1. The zero-order valence-electron chi connectivity index (χ0n) is 17.2. The van der Waals surface area contributed by atoms with E-state index in [2.05, 4.69) is 0 Å². The summed E-state index contributed by atoms with van der Waals surface area (Å²) < 4.78 is 16.4. The third kappa shape index (κ3) is 5.80. The molecule has 0 amide bonds. The Kier molecular flexibility index (Phi) is 8.99. The van der Waals surface area contributed by atoms with Crippen molar-refractivity contribution in [3.8, 4) is 0 Å². The normalized spacial score (nSPS) is 39.4. The standard InChI is InChI=1S/C19H27NO12S/c21-5-10-12(23)13(24)15(26)18(30-10)32-17-11(6-22)31-19(16(27)14(17)25)33-7-8-1-3-9(4-2-8)20(28)29/h1-4,10-19,21-27H,5-7H2/t10?,11?,12-,13?,14+,15+,16?,17+,18+,19-/m0/s1. The minimum absolute atomic E-state index is 0.0679. The van der Waals surface area contributed by atoms with Gasteiger partial charge >= 0.3 is 0 Å². The fourth-order valence-corrected chi connectivity index (χ4v) is 4.71. The molecule has 0 aliphatic carbocycles. The van der Waals surface area contributed by atoms with Gasteiger partial charge in [-0.3, -0.25) is 10.1 Å². The van der Waals surface area contributed by atoms with Gasteiger partial charge in [0.05, 0.1) is 18.1 Å². The first kappa shape index (κ1) is 26.2. The quantitative estimate of drug-likeness (QED) is 0.147. The minimum Gasteiger partial charge on any atom is -0.394 e. The summed E-state index contributed by atoms with van der Waals surface area (Å²) in [5.41, 5.74) is -0.347. The molecular weight excluding hydrogens is 466 g/mol. The topological polar surface area (TPSA) is 212 Å². The molecular formula is C19H27NO12S. The summed E-state index contributed by atoms with van der Waals surface area (Å²) in [6.07, 6.45) is -13.5. The fourth-order valence-electron chi connectivity index (χ4n) is 3.59. The Morgan fingerprint density at radius 2 is 1.52 bits per heavy atom. The highest BCUT2D eigenvalue weighted by Gasteiger charge is 2.50. The van der Waals surface area contributed by atoms with Gasteiger partial charge in [0.15, 0.2) is 6.29 Å². The number of benzene rings is 1. The number of nitro groups is 1. The van der Waals surface area contributed by atoms with E-state index in [9.17, 15) is 45.9 Å². The van der Waals surface area contributed by atoms with Gasteiger partial charge in [0.2, 0.25) is 0 Å². The summed E-state index contributed by atoms with van der Waals surface area (Å²) in [6, 6.07) is 5.77. The summed E-state index contributed by atoms with van der Waals surface area (Å²) in [6.45, 7) is -1.30. The van der Waals surface area contributed by atoms with Crippen molar-refractivity contribution in [2.45, 2.75) is 66.3 Å². The van der Waals surface area contributed by atoms with E-state index in [1.54, 1.807) is 12.1 Å². The molecule has 2 saturated heterocycles.